The third-order valence-electron chi connectivity index (χ3n) is 5.50. The number of halogens is 1. The van der Waals surface area contributed by atoms with Gasteiger partial charge in [-0.2, -0.15) is 11.3 Å². The lowest BCUT2D eigenvalue weighted by Gasteiger charge is -2.38. The maximum atomic E-state index is 14.6. The van der Waals surface area contributed by atoms with Crippen LogP contribution in [-0.2, 0) is 9.59 Å². The third kappa shape index (κ3) is 4.87. The summed E-state index contributed by atoms with van der Waals surface area (Å²) in [4.78, 5) is 27.0. The highest BCUT2D eigenvalue weighted by Gasteiger charge is 2.41. The molecule has 3 nitrogen and oxygen atoms in total. The number of hydrogen-bond acceptors (Lipinski definition) is 5. The number of carbonyl (C=O) groups excluding carboxylic acids is 2. The standard InChI is InChI=1S/C23H24FNO2S2/c1-15(26)29-21-8-10-25(13-18(21)12-16-9-11-28-14-16)22(23(27)17-6-7-17)19-4-2-3-5-20(19)24/h2-5,9,11-12,14,17,21-22H,6-8,10,13H2,1H3. The minimum absolute atomic E-state index is 0.0493. The van der Waals surface area contributed by atoms with Crippen molar-refractivity contribution in [2.24, 2.45) is 5.92 Å². The molecule has 2 unspecified atom stereocenters. The Balaban J connectivity index is 1.66. The van der Waals surface area contributed by atoms with E-state index in [4.69, 9.17) is 0 Å². The summed E-state index contributed by atoms with van der Waals surface area (Å²) in [5, 5.41) is 4.30. The van der Waals surface area contributed by atoms with Crippen LogP contribution >= 0.6 is 23.1 Å². The van der Waals surface area contributed by atoms with E-state index in [1.807, 2.05) is 5.38 Å². The number of piperidine rings is 1. The summed E-state index contributed by atoms with van der Waals surface area (Å²) >= 11 is 2.99. The largest absolute Gasteiger partial charge is 0.297 e. The van der Waals surface area contributed by atoms with Crippen LogP contribution < -0.4 is 0 Å². The first-order valence-electron chi connectivity index (χ1n) is 9.95. The van der Waals surface area contributed by atoms with Gasteiger partial charge < -0.3 is 0 Å². The molecule has 29 heavy (non-hydrogen) atoms. The van der Waals surface area contributed by atoms with Crippen molar-refractivity contribution in [3.05, 3.63) is 63.6 Å². The van der Waals surface area contributed by atoms with Crippen molar-refractivity contribution < 1.29 is 14.0 Å². The summed E-state index contributed by atoms with van der Waals surface area (Å²) in [6.07, 6.45) is 4.70. The lowest BCUT2D eigenvalue weighted by atomic mass is 9.93. The van der Waals surface area contributed by atoms with Gasteiger partial charge in [0.25, 0.3) is 0 Å². The van der Waals surface area contributed by atoms with Gasteiger partial charge in [-0.1, -0.05) is 36.0 Å². The normalized spacial score (nSPS) is 22.6. The van der Waals surface area contributed by atoms with Crippen molar-refractivity contribution in [3.63, 3.8) is 0 Å². The maximum absolute atomic E-state index is 14.6. The highest BCUT2D eigenvalue weighted by molar-refractivity contribution is 8.14. The predicted octanol–water partition coefficient (Wildman–Crippen LogP) is 5.35. The fourth-order valence-electron chi connectivity index (χ4n) is 3.97. The van der Waals surface area contributed by atoms with Crippen LogP contribution in [0.15, 0.2) is 46.7 Å². The van der Waals surface area contributed by atoms with Crippen molar-refractivity contribution in [3.8, 4) is 0 Å². The Hall–Kier alpha value is -1.76. The number of hydrogen-bond donors (Lipinski definition) is 0. The van der Waals surface area contributed by atoms with Crippen LogP contribution in [0.5, 0.6) is 0 Å². The van der Waals surface area contributed by atoms with Crippen molar-refractivity contribution in [1.82, 2.24) is 4.90 Å². The van der Waals surface area contributed by atoms with Crippen LogP contribution in [0.3, 0.4) is 0 Å². The van der Waals surface area contributed by atoms with Crippen LogP contribution in [0.25, 0.3) is 6.08 Å². The molecule has 152 valence electrons. The van der Waals surface area contributed by atoms with E-state index in [9.17, 15) is 14.0 Å². The molecule has 2 atom stereocenters. The molecule has 0 N–H and O–H groups in total. The Labute approximate surface area is 179 Å². The van der Waals surface area contributed by atoms with Gasteiger partial charge in [0.15, 0.2) is 10.9 Å². The minimum atomic E-state index is -0.558. The molecule has 1 aliphatic heterocycles. The summed E-state index contributed by atoms with van der Waals surface area (Å²) in [5.74, 6) is -0.147. The van der Waals surface area contributed by atoms with Crippen molar-refractivity contribution in [2.75, 3.05) is 13.1 Å². The van der Waals surface area contributed by atoms with Crippen LogP contribution in [0.1, 0.15) is 43.4 Å². The van der Waals surface area contributed by atoms with Crippen LogP contribution in [0.4, 0.5) is 4.39 Å². The molecule has 2 aliphatic rings. The predicted molar refractivity (Wildman–Crippen MR) is 117 cm³/mol. The molecule has 4 rings (SSSR count). The Bertz CT molecular complexity index is 921. The van der Waals surface area contributed by atoms with Crippen molar-refractivity contribution in [1.29, 1.82) is 0 Å². The number of thioether (sulfide) groups is 1. The molecule has 0 spiro atoms. The van der Waals surface area contributed by atoms with Gasteiger partial charge in [0.1, 0.15) is 5.82 Å². The second-order valence-electron chi connectivity index (χ2n) is 7.73. The molecule has 2 heterocycles. The maximum Gasteiger partial charge on any atom is 0.186 e. The summed E-state index contributed by atoms with van der Waals surface area (Å²) < 4.78 is 14.6. The number of rotatable bonds is 6. The first-order chi connectivity index (χ1) is 14.0. The van der Waals surface area contributed by atoms with Crippen LogP contribution in [0, 0.1) is 11.7 Å². The van der Waals surface area contributed by atoms with Crippen LogP contribution in [-0.4, -0.2) is 34.1 Å². The smallest absolute Gasteiger partial charge is 0.186 e. The zero-order chi connectivity index (χ0) is 20.4. The van der Waals surface area contributed by atoms with E-state index in [1.165, 1.54) is 17.8 Å². The highest BCUT2D eigenvalue weighted by Crippen LogP contribution is 2.40. The molecule has 2 fully saturated rings. The number of thiophene rings is 1. The highest BCUT2D eigenvalue weighted by atomic mass is 32.2. The van der Waals surface area contributed by atoms with E-state index in [-0.39, 0.29) is 27.9 Å². The van der Waals surface area contributed by atoms with E-state index in [0.717, 1.165) is 30.4 Å². The average Bonchev–Trinajstić information content (AvgIpc) is 3.42. The molecule has 1 aromatic carbocycles. The molecule has 0 bridgehead atoms. The zero-order valence-electron chi connectivity index (χ0n) is 16.3. The number of benzene rings is 1. The Kier molecular flexibility index (Phi) is 6.32. The van der Waals surface area contributed by atoms with Gasteiger partial charge in [0, 0.05) is 36.7 Å². The molecule has 6 heteroatoms. The molecule has 1 saturated carbocycles. The second kappa shape index (κ2) is 8.94. The quantitative estimate of drug-likeness (QED) is 0.621. The van der Waals surface area contributed by atoms with Crippen molar-refractivity contribution in [2.45, 2.75) is 37.5 Å². The summed E-state index contributed by atoms with van der Waals surface area (Å²) in [6, 6.07) is 8.12. The number of ketones is 1. The topological polar surface area (TPSA) is 37.4 Å². The SMILES string of the molecule is CC(=O)SC1CCN(C(C(=O)C2CC2)c2ccccc2F)CC1=Cc1ccsc1. The van der Waals surface area contributed by atoms with Gasteiger partial charge in [-0.05, 0) is 53.3 Å². The molecular formula is C23H24FNO2S2. The molecule has 2 aromatic rings. The Morgan fingerprint density at radius 2 is 2.03 bits per heavy atom. The molecule has 0 amide bonds. The summed E-state index contributed by atoms with van der Waals surface area (Å²) in [6.45, 7) is 2.83. The van der Waals surface area contributed by atoms with Crippen LogP contribution in [0.2, 0.25) is 0 Å². The Morgan fingerprint density at radius 3 is 2.69 bits per heavy atom. The minimum Gasteiger partial charge on any atom is -0.297 e. The van der Waals surface area contributed by atoms with Crippen molar-refractivity contribution >= 4 is 40.1 Å². The van der Waals surface area contributed by atoms with Gasteiger partial charge in [-0.25, -0.2) is 4.39 Å². The van der Waals surface area contributed by atoms with E-state index < -0.39 is 6.04 Å². The number of carbonyl (C=O) groups is 2. The van der Waals surface area contributed by atoms with Gasteiger partial charge in [0.2, 0.25) is 0 Å². The average molecular weight is 430 g/mol. The van der Waals surface area contributed by atoms with Gasteiger partial charge in [-0.3, -0.25) is 14.5 Å². The summed E-state index contributed by atoms with van der Waals surface area (Å²) in [5.41, 5.74) is 2.70. The molecule has 1 saturated heterocycles. The molecule has 1 aliphatic carbocycles. The summed E-state index contributed by atoms with van der Waals surface area (Å²) in [7, 11) is 0. The molecule has 1 aromatic heterocycles. The second-order valence-corrected chi connectivity index (χ2v) is 9.89. The molecular weight excluding hydrogens is 405 g/mol. The fourth-order valence-corrected chi connectivity index (χ4v) is 5.50. The first-order valence-corrected chi connectivity index (χ1v) is 11.8. The fraction of sp³-hybridized carbons (Fsp3) is 0.391. The number of Topliss-reactive ketones (excluding diaryl/α,β-unsaturated/α-hetero) is 1. The van der Waals surface area contributed by atoms with E-state index >= 15 is 0 Å². The number of nitrogens with zero attached hydrogens (tertiary/aromatic N) is 1. The van der Waals surface area contributed by atoms with E-state index in [1.54, 1.807) is 36.5 Å². The van der Waals surface area contributed by atoms with E-state index in [0.29, 0.717) is 18.7 Å². The lowest BCUT2D eigenvalue weighted by Crippen LogP contribution is -2.43. The van der Waals surface area contributed by atoms with Gasteiger partial charge in [0.05, 0.1) is 6.04 Å². The molecule has 0 radical (unpaired) electrons. The third-order valence-corrected chi connectivity index (χ3v) is 7.35. The first kappa shape index (κ1) is 20.5. The van der Waals surface area contributed by atoms with Gasteiger partial charge in [-0.15, -0.1) is 0 Å². The monoisotopic (exact) mass is 429 g/mol. The lowest BCUT2D eigenvalue weighted by molar-refractivity contribution is -0.126. The Morgan fingerprint density at radius 1 is 1.24 bits per heavy atom. The van der Waals surface area contributed by atoms with Gasteiger partial charge >= 0.3 is 0 Å². The zero-order valence-corrected chi connectivity index (χ0v) is 18.0. The van der Waals surface area contributed by atoms with E-state index in [2.05, 4.69) is 22.4 Å². The number of likely N-dealkylation sites (tertiary alicyclic amines) is 1.